The lowest BCUT2D eigenvalue weighted by Crippen LogP contribution is -2.45. The second kappa shape index (κ2) is 34.6. The summed E-state index contributed by atoms with van der Waals surface area (Å²) in [4.78, 5) is 32.6. The molecule has 8 nitrogen and oxygen atoms in total. The molecule has 0 aliphatic carbocycles. The van der Waals surface area contributed by atoms with Crippen molar-refractivity contribution in [2.75, 3.05) is 6.61 Å². The Bertz CT molecular complexity index is 703. The minimum atomic E-state index is -4.95. The molecule has 0 aliphatic heterocycles. The molecule has 0 aliphatic rings. The summed E-state index contributed by atoms with van der Waals surface area (Å²) in [7, 11) is -4.95. The smallest absolute Gasteiger partial charge is 0.265 e. The zero-order chi connectivity index (χ0) is 32.6. The lowest BCUT2D eigenvalue weighted by atomic mass is 10.0. The summed E-state index contributed by atoms with van der Waals surface area (Å²) in [6.07, 6.45) is 36.3. The van der Waals surface area contributed by atoms with Gasteiger partial charge in [0, 0.05) is 6.42 Å². The molecule has 0 saturated carbocycles. The van der Waals surface area contributed by atoms with Gasteiger partial charge in [-0.3, -0.25) is 9.36 Å². The van der Waals surface area contributed by atoms with Crippen LogP contribution in [0.25, 0.3) is 0 Å². The number of aliphatic hydroxyl groups excluding tert-OH is 1. The zero-order valence-electron chi connectivity index (χ0n) is 29.8. The molecule has 9 heteroatoms. The van der Waals surface area contributed by atoms with Gasteiger partial charge in [0.25, 0.3) is 7.82 Å². The first-order valence-corrected chi connectivity index (χ1v) is 20.1. The van der Waals surface area contributed by atoms with Crippen LogP contribution in [-0.2, 0) is 13.9 Å². The molecule has 1 amide bonds. The predicted molar refractivity (Wildman–Crippen MR) is 189 cm³/mol. The quantitative estimate of drug-likeness (QED) is 0.0305. The fourth-order valence-corrected chi connectivity index (χ4v) is 5.98. The van der Waals surface area contributed by atoms with E-state index in [0.717, 1.165) is 38.5 Å². The van der Waals surface area contributed by atoms with Gasteiger partial charge in [-0.05, 0) is 19.3 Å². The first kappa shape index (κ1) is 46.4. The van der Waals surface area contributed by atoms with Crippen LogP contribution in [0.5, 0.6) is 0 Å². The van der Waals surface area contributed by atoms with Crippen molar-refractivity contribution in [2.24, 2.45) is 0 Å². The third-order valence-corrected chi connectivity index (χ3v) is 8.97. The molecule has 7 N–H and O–H groups in total. The number of rotatable bonds is 34. The summed E-state index contributed by atoms with van der Waals surface area (Å²) in [5.74, 6) is -0.246. The van der Waals surface area contributed by atoms with Crippen molar-refractivity contribution in [3.05, 3.63) is 12.2 Å². The molecule has 1 unspecified atom stereocenters. The summed E-state index contributed by atoms with van der Waals surface area (Å²) >= 11 is 0. The van der Waals surface area contributed by atoms with Crippen molar-refractivity contribution in [1.29, 1.82) is 0 Å². The Morgan fingerprint density at radius 2 is 1.04 bits per heavy atom. The number of phosphoric acid groups is 1. The molecule has 3 atom stereocenters. The Labute approximate surface area is 278 Å². The molecular weight excluding hydrogens is 587 g/mol. The SMILES string of the molecule is CCCCCCCCCCCCC/C=C/[C@@H](O)[C@H](COP(=O)([O-])O)NC(=O)CCCCCCCCCCCCCCCCC.[NH4+]. The number of aliphatic hydroxyl groups is 1. The Morgan fingerprint density at radius 1 is 0.689 bits per heavy atom. The summed E-state index contributed by atoms with van der Waals surface area (Å²) in [6.45, 7) is 3.99. The van der Waals surface area contributed by atoms with Gasteiger partial charge in [-0.1, -0.05) is 180 Å². The molecule has 270 valence electrons. The number of unbranched alkanes of at least 4 members (excludes halogenated alkanes) is 25. The predicted octanol–water partition coefficient (Wildman–Crippen LogP) is 10.2. The zero-order valence-corrected chi connectivity index (χ0v) is 30.7. The fourth-order valence-electron chi connectivity index (χ4n) is 5.63. The van der Waals surface area contributed by atoms with Crippen LogP contribution in [0.4, 0.5) is 0 Å². The van der Waals surface area contributed by atoms with Gasteiger partial charge in [-0.25, -0.2) is 0 Å². The number of phosphoric ester groups is 1. The van der Waals surface area contributed by atoms with E-state index < -0.39 is 26.6 Å². The molecule has 0 aromatic rings. The Balaban J connectivity index is 0. The molecule has 0 spiro atoms. The maximum atomic E-state index is 12.5. The van der Waals surface area contributed by atoms with E-state index in [1.165, 1.54) is 135 Å². The van der Waals surface area contributed by atoms with Crippen molar-refractivity contribution >= 4 is 13.7 Å². The number of nitrogens with one attached hydrogen (secondary N) is 1. The van der Waals surface area contributed by atoms with Crippen LogP contribution in [0.1, 0.15) is 194 Å². The Hall–Kier alpha value is -0.760. The maximum Gasteiger partial charge on any atom is 0.265 e. The van der Waals surface area contributed by atoms with Gasteiger partial charge >= 0.3 is 0 Å². The largest absolute Gasteiger partial charge is 0.756 e. The minimum Gasteiger partial charge on any atom is -0.756 e. The van der Waals surface area contributed by atoms with Crippen molar-refractivity contribution in [3.8, 4) is 0 Å². The van der Waals surface area contributed by atoms with E-state index in [4.69, 9.17) is 4.89 Å². The molecule has 0 rings (SSSR count). The molecular formula is C36H75N2O6P. The first-order valence-electron chi connectivity index (χ1n) is 18.6. The molecule has 0 aromatic carbocycles. The summed E-state index contributed by atoms with van der Waals surface area (Å²) < 4.78 is 15.6. The number of carbonyl (C=O) groups is 1. The molecule has 45 heavy (non-hydrogen) atoms. The first-order chi connectivity index (χ1) is 21.3. The summed E-state index contributed by atoms with van der Waals surface area (Å²) in [6, 6.07) is -0.943. The van der Waals surface area contributed by atoms with E-state index >= 15 is 0 Å². The number of allylic oxidation sites excluding steroid dienone is 1. The number of hydrogen-bond donors (Lipinski definition) is 4. The van der Waals surface area contributed by atoms with Gasteiger partial charge in [-0.15, -0.1) is 0 Å². The second-order valence-electron chi connectivity index (χ2n) is 12.9. The van der Waals surface area contributed by atoms with Crippen molar-refractivity contribution in [3.63, 3.8) is 0 Å². The van der Waals surface area contributed by atoms with Crippen molar-refractivity contribution < 1.29 is 28.8 Å². The minimum absolute atomic E-state index is 0. The van der Waals surface area contributed by atoms with E-state index in [0.29, 0.717) is 6.42 Å². The van der Waals surface area contributed by atoms with Crippen LogP contribution in [0.2, 0.25) is 0 Å². The van der Waals surface area contributed by atoms with Crippen LogP contribution in [0, 0.1) is 0 Å². The fraction of sp³-hybridized carbons (Fsp3) is 0.917. The van der Waals surface area contributed by atoms with E-state index in [-0.39, 0.29) is 12.1 Å². The average Bonchev–Trinajstić information content (AvgIpc) is 2.99. The van der Waals surface area contributed by atoms with Crippen LogP contribution in [0.15, 0.2) is 12.2 Å². The Kier molecular flexibility index (Phi) is 35.6. The van der Waals surface area contributed by atoms with E-state index in [1.807, 2.05) is 6.08 Å². The number of hydrogen-bond acceptors (Lipinski definition) is 5. The summed E-state index contributed by atoms with van der Waals surface area (Å²) in [5, 5.41) is 13.3. The molecule has 0 saturated heterocycles. The highest BCUT2D eigenvalue weighted by Crippen LogP contribution is 2.30. The van der Waals surface area contributed by atoms with E-state index in [1.54, 1.807) is 6.08 Å². The Morgan fingerprint density at radius 3 is 1.42 bits per heavy atom. The second-order valence-corrected chi connectivity index (χ2v) is 14.1. The van der Waals surface area contributed by atoms with Crippen LogP contribution in [-0.4, -0.2) is 34.7 Å². The molecule has 0 radical (unpaired) electrons. The highest BCUT2D eigenvalue weighted by molar-refractivity contribution is 7.44. The van der Waals surface area contributed by atoms with Crippen molar-refractivity contribution in [2.45, 2.75) is 206 Å². The van der Waals surface area contributed by atoms with E-state index in [9.17, 15) is 19.4 Å². The van der Waals surface area contributed by atoms with Gasteiger partial charge in [0.05, 0.1) is 18.8 Å². The third kappa shape index (κ3) is 35.9. The standard InChI is InChI=1S/C36H72NO6P.H3N/c1-3-5-7-9-11-13-15-17-18-20-22-24-26-28-30-32-36(39)37-34(33-43-44(40,41)42)35(38)31-29-27-25-23-21-19-16-14-12-10-8-6-4-2;/h29,31,34-35,38H,3-28,30,32-33H2,1-2H3,(H,37,39)(H2,40,41,42);1H3/b31-29+;/t34-,35+;/m0./s1. The highest BCUT2D eigenvalue weighted by atomic mass is 31.2. The highest BCUT2D eigenvalue weighted by Gasteiger charge is 2.21. The number of quaternary nitrogens is 1. The number of carbonyl (C=O) groups excluding carboxylic acids is 1. The van der Waals surface area contributed by atoms with Gasteiger partial charge < -0.3 is 30.9 Å². The average molecular weight is 663 g/mol. The topological polar surface area (TPSA) is 155 Å². The van der Waals surface area contributed by atoms with Gasteiger partial charge in [0.15, 0.2) is 0 Å². The van der Waals surface area contributed by atoms with Gasteiger partial charge in [0.2, 0.25) is 5.91 Å². The lowest BCUT2D eigenvalue weighted by Gasteiger charge is -2.25. The molecule has 0 heterocycles. The summed E-state index contributed by atoms with van der Waals surface area (Å²) in [5.41, 5.74) is 0. The number of amides is 1. The van der Waals surface area contributed by atoms with Crippen LogP contribution in [0.3, 0.4) is 0 Å². The van der Waals surface area contributed by atoms with E-state index in [2.05, 4.69) is 23.7 Å². The lowest BCUT2D eigenvalue weighted by molar-refractivity contribution is -0.220. The van der Waals surface area contributed by atoms with Gasteiger partial charge in [-0.2, -0.15) is 0 Å². The molecule has 0 fully saturated rings. The van der Waals surface area contributed by atoms with Gasteiger partial charge in [0.1, 0.15) is 0 Å². The van der Waals surface area contributed by atoms with Crippen LogP contribution < -0.4 is 16.4 Å². The van der Waals surface area contributed by atoms with Crippen LogP contribution >= 0.6 is 7.82 Å². The maximum absolute atomic E-state index is 12.5. The molecule has 0 aromatic heterocycles. The third-order valence-electron chi connectivity index (χ3n) is 8.49. The monoisotopic (exact) mass is 663 g/mol. The van der Waals surface area contributed by atoms with Crippen molar-refractivity contribution in [1.82, 2.24) is 11.5 Å². The molecule has 0 bridgehead atoms. The normalized spacial score (nSPS) is 14.2.